The first-order chi connectivity index (χ1) is 16.6. The molecule has 0 fully saturated rings. The molecule has 0 radical (unpaired) electrons. The van der Waals surface area contributed by atoms with Gasteiger partial charge in [-0.05, 0) is 35.9 Å². The van der Waals surface area contributed by atoms with Crippen LogP contribution in [0.5, 0.6) is 0 Å². The standard InChI is InChI=1S/C23H16F5N7/c1-23(27,28)19(12-5-7-14(24)8-6-12)34-11-15(20(26)32-34)18-4-2-3-17(30-18)13-9-16(25)21-31-22(29)33-35(21)10-13/h2-11,19H,1H3,(H2,29,33). The Morgan fingerprint density at radius 3 is 2.34 bits per heavy atom. The summed E-state index contributed by atoms with van der Waals surface area (Å²) in [5.74, 6) is -5.78. The van der Waals surface area contributed by atoms with E-state index in [1.165, 1.54) is 30.5 Å². The maximum Gasteiger partial charge on any atom is 0.271 e. The van der Waals surface area contributed by atoms with Gasteiger partial charge in [0.2, 0.25) is 11.9 Å². The van der Waals surface area contributed by atoms with Crippen molar-refractivity contribution in [1.82, 2.24) is 29.4 Å². The van der Waals surface area contributed by atoms with E-state index in [0.29, 0.717) is 12.5 Å². The third kappa shape index (κ3) is 4.18. The molecule has 35 heavy (non-hydrogen) atoms. The Hall–Kier alpha value is -4.35. The molecular formula is C23H16F5N7. The van der Waals surface area contributed by atoms with Crippen LogP contribution in [0.25, 0.3) is 28.2 Å². The van der Waals surface area contributed by atoms with Gasteiger partial charge in [-0.1, -0.05) is 18.2 Å². The van der Waals surface area contributed by atoms with E-state index in [2.05, 4.69) is 20.2 Å². The van der Waals surface area contributed by atoms with Gasteiger partial charge in [0.05, 0.1) is 17.0 Å². The fraction of sp³-hybridized carbons (Fsp3) is 0.130. The molecule has 2 N–H and O–H groups in total. The number of nitrogens with zero attached hydrogens (tertiary/aromatic N) is 6. The minimum Gasteiger partial charge on any atom is -0.366 e. The average molecular weight is 485 g/mol. The summed E-state index contributed by atoms with van der Waals surface area (Å²) in [6.45, 7) is 0.667. The summed E-state index contributed by atoms with van der Waals surface area (Å²) in [5, 5.41) is 7.54. The summed E-state index contributed by atoms with van der Waals surface area (Å²) in [6.07, 6.45) is 2.56. The van der Waals surface area contributed by atoms with Crippen LogP contribution in [-0.2, 0) is 0 Å². The Bertz CT molecular complexity index is 1540. The molecule has 178 valence electrons. The number of hydrogen-bond acceptors (Lipinski definition) is 5. The SMILES string of the molecule is CC(F)(F)C(c1ccc(F)cc1)n1cc(-c2cccc(-c3cc(F)c4nc(N)nn4c3)n2)c(F)n1. The lowest BCUT2D eigenvalue weighted by atomic mass is 10.0. The molecular weight excluding hydrogens is 469 g/mol. The molecule has 5 aromatic rings. The van der Waals surface area contributed by atoms with E-state index < -0.39 is 29.5 Å². The molecule has 4 heterocycles. The maximum atomic E-state index is 14.9. The van der Waals surface area contributed by atoms with Gasteiger partial charge in [-0.25, -0.2) is 27.1 Å². The summed E-state index contributed by atoms with van der Waals surface area (Å²) in [4.78, 5) is 8.14. The second kappa shape index (κ2) is 8.15. The monoisotopic (exact) mass is 485 g/mol. The molecule has 5 rings (SSSR count). The van der Waals surface area contributed by atoms with Gasteiger partial charge in [0, 0.05) is 24.9 Å². The number of nitrogen functional groups attached to an aromatic ring is 1. The number of fused-ring (bicyclic) bond motifs is 1. The van der Waals surface area contributed by atoms with Crippen molar-refractivity contribution in [2.45, 2.75) is 18.9 Å². The Labute approximate surface area is 194 Å². The van der Waals surface area contributed by atoms with Gasteiger partial charge in [0.25, 0.3) is 5.92 Å². The topological polar surface area (TPSA) is 86.9 Å². The number of rotatable bonds is 5. The molecule has 0 bridgehead atoms. The van der Waals surface area contributed by atoms with Gasteiger partial charge in [-0.15, -0.1) is 10.2 Å². The van der Waals surface area contributed by atoms with Gasteiger partial charge in [-0.3, -0.25) is 4.68 Å². The van der Waals surface area contributed by atoms with Crippen molar-refractivity contribution >= 4 is 11.6 Å². The molecule has 7 nitrogen and oxygen atoms in total. The zero-order chi connectivity index (χ0) is 24.9. The molecule has 12 heteroatoms. The third-order valence-electron chi connectivity index (χ3n) is 5.34. The lowest BCUT2D eigenvalue weighted by molar-refractivity contribution is -0.0221. The average Bonchev–Trinajstić information content (AvgIpc) is 3.36. The highest BCUT2D eigenvalue weighted by molar-refractivity contribution is 5.66. The molecule has 1 atom stereocenters. The third-order valence-corrected chi connectivity index (χ3v) is 5.34. The Morgan fingerprint density at radius 1 is 0.914 bits per heavy atom. The van der Waals surface area contributed by atoms with E-state index in [-0.39, 0.29) is 34.1 Å². The number of pyridine rings is 2. The number of alkyl halides is 2. The Morgan fingerprint density at radius 2 is 1.63 bits per heavy atom. The van der Waals surface area contributed by atoms with Crippen LogP contribution in [-0.4, -0.2) is 35.3 Å². The molecule has 0 aliphatic rings. The van der Waals surface area contributed by atoms with Gasteiger partial charge in [-0.2, -0.15) is 9.37 Å². The first kappa shape index (κ1) is 22.4. The lowest BCUT2D eigenvalue weighted by Crippen LogP contribution is -2.29. The van der Waals surface area contributed by atoms with Crippen molar-refractivity contribution in [2.24, 2.45) is 0 Å². The fourth-order valence-electron chi connectivity index (χ4n) is 3.84. The first-order valence-corrected chi connectivity index (χ1v) is 10.3. The quantitative estimate of drug-likeness (QED) is 0.358. The number of nitrogens with two attached hydrogens (primary N) is 1. The molecule has 0 saturated heterocycles. The number of anilines is 1. The van der Waals surface area contributed by atoms with Crippen molar-refractivity contribution in [3.63, 3.8) is 0 Å². The predicted octanol–water partition coefficient (Wildman–Crippen LogP) is 4.90. The number of hydrogen-bond donors (Lipinski definition) is 1. The van der Waals surface area contributed by atoms with Crippen molar-refractivity contribution in [2.75, 3.05) is 5.73 Å². The molecule has 4 aromatic heterocycles. The molecule has 0 saturated carbocycles. The van der Waals surface area contributed by atoms with Crippen molar-refractivity contribution in [1.29, 1.82) is 0 Å². The summed E-state index contributed by atoms with van der Waals surface area (Å²) >= 11 is 0. The predicted molar refractivity (Wildman–Crippen MR) is 117 cm³/mol. The highest BCUT2D eigenvalue weighted by atomic mass is 19.3. The van der Waals surface area contributed by atoms with Crippen molar-refractivity contribution < 1.29 is 22.0 Å². The lowest BCUT2D eigenvalue weighted by Gasteiger charge is -2.24. The number of aromatic nitrogens is 6. The van der Waals surface area contributed by atoms with Crippen LogP contribution in [0.1, 0.15) is 18.5 Å². The van der Waals surface area contributed by atoms with E-state index in [4.69, 9.17) is 5.73 Å². The van der Waals surface area contributed by atoms with Crippen LogP contribution in [0, 0.1) is 17.6 Å². The minimum absolute atomic E-state index is 0.0468. The molecule has 0 aliphatic heterocycles. The number of halogens is 5. The Balaban J connectivity index is 1.56. The van der Waals surface area contributed by atoms with Crippen molar-refractivity contribution in [3.8, 4) is 22.5 Å². The summed E-state index contributed by atoms with van der Waals surface area (Å²) < 4.78 is 73.6. The van der Waals surface area contributed by atoms with Crippen molar-refractivity contribution in [3.05, 3.63) is 84.1 Å². The minimum atomic E-state index is -3.35. The summed E-state index contributed by atoms with van der Waals surface area (Å²) in [6, 6.07) is 8.53. The normalized spacial score (nSPS) is 12.9. The van der Waals surface area contributed by atoms with Crippen LogP contribution >= 0.6 is 0 Å². The molecule has 1 unspecified atom stereocenters. The van der Waals surface area contributed by atoms with Gasteiger partial charge >= 0.3 is 0 Å². The van der Waals surface area contributed by atoms with Gasteiger partial charge < -0.3 is 5.73 Å². The van der Waals surface area contributed by atoms with Crippen LogP contribution in [0.4, 0.5) is 27.9 Å². The second-order valence-corrected chi connectivity index (χ2v) is 7.95. The van der Waals surface area contributed by atoms with E-state index >= 15 is 0 Å². The van der Waals surface area contributed by atoms with Gasteiger partial charge in [0.1, 0.15) is 11.9 Å². The second-order valence-electron chi connectivity index (χ2n) is 7.95. The van der Waals surface area contributed by atoms with Crippen LogP contribution in [0.3, 0.4) is 0 Å². The number of benzene rings is 1. The molecule has 1 aromatic carbocycles. The van der Waals surface area contributed by atoms with E-state index in [1.807, 2.05) is 0 Å². The first-order valence-electron chi connectivity index (χ1n) is 10.3. The highest BCUT2D eigenvalue weighted by Gasteiger charge is 2.38. The largest absolute Gasteiger partial charge is 0.366 e. The molecule has 0 aliphatic carbocycles. The molecule has 0 amide bonds. The summed E-state index contributed by atoms with van der Waals surface area (Å²) in [7, 11) is 0. The molecule has 0 spiro atoms. The van der Waals surface area contributed by atoms with Crippen LogP contribution in [0.15, 0.2) is 60.9 Å². The van der Waals surface area contributed by atoms with E-state index in [9.17, 15) is 22.0 Å². The van der Waals surface area contributed by atoms with Gasteiger partial charge in [0.15, 0.2) is 11.5 Å². The van der Waals surface area contributed by atoms with Crippen LogP contribution < -0.4 is 5.73 Å². The van der Waals surface area contributed by atoms with E-state index in [1.54, 1.807) is 12.1 Å². The smallest absolute Gasteiger partial charge is 0.271 e. The highest BCUT2D eigenvalue weighted by Crippen LogP contribution is 2.36. The summed E-state index contributed by atoms with van der Waals surface area (Å²) in [5.41, 5.74) is 6.01. The zero-order valence-electron chi connectivity index (χ0n) is 18.0. The fourth-order valence-corrected chi connectivity index (χ4v) is 3.84. The van der Waals surface area contributed by atoms with Crippen LogP contribution in [0.2, 0.25) is 0 Å². The maximum absolute atomic E-state index is 14.9. The van der Waals surface area contributed by atoms with E-state index in [0.717, 1.165) is 27.5 Å². The Kier molecular flexibility index (Phi) is 5.23. The zero-order valence-corrected chi connectivity index (χ0v) is 18.0.